The van der Waals surface area contributed by atoms with Gasteiger partial charge in [0.15, 0.2) is 0 Å². The summed E-state index contributed by atoms with van der Waals surface area (Å²) in [6, 6.07) is 0. The summed E-state index contributed by atoms with van der Waals surface area (Å²) in [7, 11) is 0. The van der Waals surface area contributed by atoms with E-state index in [0.717, 1.165) is 6.42 Å². The van der Waals surface area contributed by atoms with Crippen molar-refractivity contribution in [1.29, 1.82) is 0 Å². The molecule has 1 fully saturated rings. The minimum atomic E-state index is -0.414. The smallest absolute Gasteiger partial charge is 0.411 e. The van der Waals surface area contributed by atoms with Crippen molar-refractivity contribution in [2.75, 3.05) is 13.2 Å². The van der Waals surface area contributed by atoms with Crippen molar-refractivity contribution in [3.05, 3.63) is 0 Å². The number of aliphatic hydroxyl groups excluding tert-OH is 1. The van der Waals surface area contributed by atoms with E-state index in [0.29, 0.717) is 25.5 Å². The van der Waals surface area contributed by atoms with Gasteiger partial charge in [0.05, 0.1) is 18.9 Å². The summed E-state index contributed by atoms with van der Waals surface area (Å²) in [5, 5.41) is 9.56. The second kappa shape index (κ2) is 6.21. The Kier molecular flexibility index (Phi) is 5.21. The standard InChI is InChI=1S/C12H24N2O3/c1-8(2)7-17-12(16)14-6-10(9(3)15)4-5-11(14)13/h8-11,15H,4-7,13H2,1-3H3. The van der Waals surface area contributed by atoms with E-state index in [9.17, 15) is 9.90 Å². The van der Waals surface area contributed by atoms with E-state index in [1.54, 1.807) is 6.92 Å². The molecule has 1 aliphatic heterocycles. The molecule has 1 aliphatic rings. The van der Waals surface area contributed by atoms with Crippen LogP contribution < -0.4 is 5.73 Å². The molecule has 5 nitrogen and oxygen atoms in total. The monoisotopic (exact) mass is 244 g/mol. The first-order chi connectivity index (χ1) is 7.91. The Bertz CT molecular complexity index is 256. The first-order valence-corrected chi connectivity index (χ1v) is 6.28. The van der Waals surface area contributed by atoms with Gasteiger partial charge in [0.2, 0.25) is 0 Å². The fraction of sp³-hybridized carbons (Fsp3) is 0.917. The average molecular weight is 244 g/mol. The Morgan fingerprint density at radius 2 is 2.12 bits per heavy atom. The molecule has 1 heterocycles. The van der Waals surface area contributed by atoms with Gasteiger partial charge in [-0.15, -0.1) is 0 Å². The Balaban J connectivity index is 2.51. The number of rotatable bonds is 3. The van der Waals surface area contributed by atoms with Crippen molar-refractivity contribution in [2.24, 2.45) is 17.6 Å². The lowest BCUT2D eigenvalue weighted by molar-refractivity contribution is 0.0225. The van der Waals surface area contributed by atoms with E-state index in [1.165, 1.54) is 4.90 Å². The van der Waals surface area contributed by atoms with Crippen LogP contribution in [0.1, 0.15) is 33.6 Å². The van der Waals surface area contributed by atoms with Gasteiger partial charge in [0.25, 0.3) is 0 Å². The Hall–Kier alpha value is -0.810. The molecule has 0 aromatic rings. The van der Waals surface area contributed by atoms with E-state index in [4.69, 9.17) is 10.5 Å². The van der Waals surface area contributed by atoms with E-state index in [-0.39, 0.29) is 18.2 Å². The Morgan fingerprint density at radius 1 is 1.47 bits per heavy atom. The largest absolute Gasteiger partial charge is 0.449 e. The molecular formula is C12H24N2O3. The lowest BCUT2D eigenvalue weighted by Gasteiger charge is -2.38. The predicted octanol–water partition coefficient (Wildman–Crippen LogP) is 1.16. The third-order valence-corrected chi connectivity index (χ3v) is 3.12. The van der Waals surface area contributed by atoms with Crippen LogP contribution in [0.15, 0.2) is 0 Å². The van der Waals surface area contributed by atoms with E-state index in [1.807, 2.05) is 13.8 Å². The molecule has 3 unspecified atom stereocenters. The molecule has 0 aromatic heterocycles. The van der Waals surface area contributed by atoms with E-state index in [2.05, 4.69) is 0 Å². The average Bonchev–Trinajstić information content (AvgIpc) is 2.26. The van der Waals surface area contributed by atoms with Crippen molar-refractivity contribution in [3.63, 3.8) is 0 Å². The summed E-state index contributed by atoms with van der Waals surface area (Å²) >= 11 is 0. The van der Waals surface area contributed by atoms with Crippen molar-refractivity contribution < 1.29 is 14.6 Å². The molecule has 1 amide bonds. The molecule has 3 atom stereocenters. The Morgan fingerprint density at radius 3 is 2.65 bits per heavy atom. The molecular weight excluding hydrogens is 220 g/mol. The third-order valence-electron chi connectivity index (χ3n) is 3.12. The van der Waals surface area contributed by atoms with Gasteiger partial charge in [0.1, 0.15) is 0 Å². The van der Waals surface area contributed by atoms with Gasteiger partial charge in [0, 0.05) is 12.5 Å². The normalized spacial score (nSPS) is 27.1. The minimum Gasteiger partial charge on any atom is -0.449 e. The number of ether oxygens (including phenoxy) is 1. The molecule has 0 aromatic carbocycles. The highest BCUT2D eigenvalue weighted by Crippen LogP contribution is 2.23. The second-order valence-corrected chi connectivity index (χ2v) is 5.27. The number of hydrogen-bond donors (Lipinski definition) is 2. The number of likely N-dealkylation sites (tertiary alicyclic amines) is 1. The molecule has 0 saturated carbocycles. The van der Waals surface area contributed by atoms with Crippen molar-refractivity contribution >= 4 is 6.09 Å². The molecule has 0 radical (unpaired) electrons. The van der Waals surface area contributed by atoms with Crippen LogP contribution >= 0.6 is 0 Å². The van der Waals surface area contributed by atoms with Gasteiger partial charge in [-0.3, -0.25) is 4.90 Å². The van der Waals surface area contributed by atoms with Crippen molar-refractivity contribution in [1.82, 2.24) is 4.90 Å². The zero-order valence-corrected chi connectivity index (χ0v) is 10.9. The van der Waals surface area contributed by atoms with Crippen molar-refractivity contribution in [2.45, 2.75) is 45.9 Å². The number of hydrogen-bond acceptors (Lipinski definition) is 4. The van der Waals surface area contributed by atoms with Crippen LogP contribution in [0.25, 0.3) is 0 Å². The second-order valence-electron chi connectivity index (χ2n) is 5.27. The van der Waals surface area contributed by atoms with Crippen LogP contribution in [-0.2, 0) is 4.74 Å². The molecule has 0 spiro atoms. The minimum absolute atomic E-state index is 0.0985. The van der Waals surface area contributed by atoms with Gasteiger partial charge >= 0.3 is 6.09 Å². The lowest BCUT2D eigenvalue weighted by Crippen LogP contribution is -2.53. The molecule has 100 valence electrons. The highest BCUT2D eigenvalue weighted by atomic mass is 16.6. The highest BCUT2D eigenvalue weighted by molar-refractivity contribution is 5.68. The van der Waals surface area contributed by atoms with Crippen LogP contribution in [0, 0.1) is 11.8 Å². The maximum Gasteiger partial charge on any atom is 0.411 e. The molecule has 1 rings (SSSR count). The van der Waals surface area contributed by atoms with Crippen LogP contribution in [0.2, 0.25) is 0 Å². The molecule has 17 heavy (non-hydrogen) atoms. The zero-order chi connectivity index (χ0) is 13.0. The summed E-state index contributed by atoms with van der Waals surface area (Å²) in [4.78, 5) is 13.4. The number of amides is 1. The summed E-state index contributed by atoms with van der Waals surface area (Å²) in [6.07, 6.45) is 0.503. The summed E-state index contributed by atoms with van der Waals surface area (Å²) < 4.78 is 5.17. The highest BCUT2D eigenvalue weighted by Gasteiger charge is 2.32. The first kappa shape index (κ1) is 14.3. The number of carbonyl (C=O) groups is 1. The third kappa shape index (κ3) is 4.16. The summed E-state index contributed by atoms with van der Waals surface area (Å²) in [5.41, 5.74) is 5.89. The van der Waals surface area contributed by atoms with E-state index >= 15 is 0 Å². The van der Waals surface area contributed by atoms with Crippen LogP contribution in [0.3, 0.4) is 0 Å². The number of nitrogens with two attached hydrogens (primary N) is 1. The van der Waals surface area contributed by atoms with Gasteiger partial charge in [-0.1, -0.05) is 13.8 Å². The lowest BCUT2D eigenvalue weighted by atomic mass is 9.92. The number of piperidine rings is 1. The fourth-order valence-electron chi connectivity index (χ4n) is 1.94. The van der Waals surface area contributed by atoms with Gasteiger partial charge in [-0.05, 0) is 25.7 Å². The molecule has 1 saturated heterocycles. The maximum atomic E-state index is 11.8. The SMILES string of the molecule is CC(C)COC(=O)N1CC(C(C)O)CCC1N. The number of aliphatic hydroxyl groups is 1. The molecule has 5 heteroatoms. The van der Waals surface area contributed by atoms with E-state index < -0.39 is 6.10 Å². The van der Waals surface area contributed by atoms with Gasteiger partial charge in [-0.25, -0.2) is 4.79 Å². The zero-order valence-electron chi connectivity index (χ0n) is 10.9. The maximum absolute atomic E-state index is 11.8. The van der Waals surface area contributed by atoms with Crippen molar-refractivity contribution in [3.8, 4) is 0 Å². The van der Waals surface area contributed by atoms with Gasteiger partial charge in [-0.2, -0.15) is 0 Å². The summed E-state index contributed by atoms with van der Waals surface area (Å²) in [6.45, 7) is 6.61. The summed E-state index contributed by atoms with van der Waals surface area (Å²) in [5.74, 6) is 0.411. The van der Waals surface area contributed by atoms with Gasteiger partial charge < -0.3 is 15.6 Å². The fourth-order valence-corrected chi connectivity index (χ4v) is 1.94. The van der Waals surface area contributed by atoms with Crippen LogP contribution in [0.4, 0.5) is 4.79 Å². The molecule has 0 aliphatic carbocycles. The van der Waals surface area contributed by atoms with Crippen LogP contribution in [0.5, 0.6) is 0 Å². The number of carbonyl (C=O) groups excluding carboxylic acids is 1. The quantitative estimate of drug-likeness (QED) is 0.781. The Labute approximate surface area is 103 Å². The first-order valence-electron chi connectivity index (χ1n) is 6.28. The number of nitrogens with zero attached hydrogens (tertiary/aromatic N) is 1. The molecule has 3 N–H and O–H groups in total. The topological polar surface area (TPSA) is 75.8 Å². The predicted molar refractivity (Wildman–Crippen MR) is 65.3 cm³/mol. The molecule has 0 bridgehead atoms. The van der Waals surface area contributed by atoms with Crippen LogP contribution in [-0.4, -0.2) is 41.5 Å².